The van der Waals surface area contributed by atoms with E-state index in [1.54, 1.807) is 7.05 Å². The number of amides is 1. The quantitative estimate of drug-likeness (QED) is 0.273. The molecule has 7 nitrogen and oxygen atoms in total. The first-order valence-corrected chi connectivity index (χ1v) is 10.7. The average molecular weight is 530 g/mol. The van der Waals surface area contributed by atoms with Crippen molar-refractivity contribution >= 4 is 35.8 Å². The second-order valence-corrected chi connectivity index (χ2v) is 8.00. The van der Waals surface area contributed by atoms with Crippen LogP contribution in [0.15, 0.2) is 29.3 Å². The number of carbonyl (C=O) groups is 1. The minimum absolute atomic E-state index is 0. The zero-order valence-electron chi connectivity index (χ0n) is 18.0. The smallest absolute Gasteiger partial charge is 0.255 e. The number of aliphatic imine (C=N–C) groups is 1. The van der Waals surface area contributed by atoms with Gasteiger partial charge in [-0.15, -0.1) is 24.0 Å². The summed E-state index contributed by atoms with van der Waals surface area (Å²) in [5.41, 5.74) is 6.43. The Labute approximate surface area is 196 Å². The van der Waals surface area contributed by atoms with E-state index in [4.69, 9.17) is 15.2 Å². The van der Waals surface area contributed by atoms with Crippen LogP contribution in [0.2, 0.25) is 0 Å². The van der Waals surface area contributed by atoms with Crippen molar-refractivity contribution in [1.29, 1.82) is 0 Å². The molecule has 4 N–H and O–H groups in total. The van der Waals surface area contributed by atoms with Crippen LogP contribution in [0.4, 0.5) is 0 Å². The maximum atomic E-state index is 10.9. The van der Waals surface area contributed by atoms with Crippen molar-refractivity contribution in [2.24, 2.45) is 16.1 Å². The molecule has 1 aromatic carbocycles. The number of halogens is 1. The zero-order chi connectivity index (χ0) is 20.7. The summed E-state index contributed by atoms with van der Waals surface area (Å²) < 4.78 is 11.4. The molecule has 1 aromatic rings. The first kappa shape index (κ1) is 24.7. The molecule has 0 aliphatic heterocycles. The Hall–Kier alpha value is -1.55. The molecule has 0 saturated heterocycles. The predicted molar refractivity (Wildman–Crippen MR) is 129 cm³/mol. The van der Waals surface area contributed by atoms with E-state index in [0.29, 0.717) is 24.4 Å². The first-order valence-electron chi connectivity index (χ1n) is 10.7. The van der Waals surface area contributed by atoms with Gasteiger partial charge in [-0.1, -0.05) is 31.4 Å². The molecule has 3 rings (SSSR count). The molecule has 0 radical (unpaired) electrons. The van der Waals surface area contributed by atoms with Crippen LogP contribution in [0.25, 0.3) is 0 Å². The molecular formula is C22H35IN4O3. The van der Waals surface area contributed by atoms with Crippen molar-refractivity contribution in [2.45, 2.75) is 64.1 Å². The van der Waals surface area contributed by atoms with Gasteiger partial charge in [0.15, 0.2) is 12.6 Å². The lowest BCUT2D eigenvalue weighted by atomic mass is 9.55. The van der Waals surface area contributed by atoms with Gasteiger partial charge in [-0.2, -0.15) is 0 Å². The Morgan fingerprint density at radius 2 is 2.07 bits per heavy atom. The normalized spacial score (nSPS) is 22.5. The van der Waals surface area contributed by atoms with Crippen molar-refractivity contribution in [2.75, 3.05) is 20.3 Å². The molecule has 2 aliphatic carbocycles. The Morgan fingerprint density at radius 3 is 2.73 bits per heavy atom. The average Bonchev–Trinajstić information content (AvgIpc) is 2.74. The standard InChI is InChI=1S/C22H34N4O3.HI/c1-3-28-19-13-18(22(19)10-5-4-6-11-22)26-21(24-2)25-14-16-8-7-9-17(12-16)29-15-20(23)27;/h7-9,12,18-19H,3-6,10-11,13-15H2,1-2H3,(H2,23,27)(H2,24,25,26);1H. The molecule has 168 valence electrons. The number of guanidine groups is 1. The monoisotopic (exact) mass is 530 g/mol. The van der Waals surface area contributed by atoms with Crippen molar-refractivity contribution in [3.63, 3.8) is 0 Å². The molecule has 1 amide bonds. The highest BCUT2D eigenvalue weighted by atomic mass is 127. The van der Waals surface area contributed by atoms with Crippen LogP contribution >= 0.6 is 24.0 Å². The summed E-state index contributed by atoms with van der Waals surface area (Å²) in [7, 11) is 1.80. The van der Waals surface area contributed by atoms with Crippen molar-refractivity contribution in [1.82, 2.24) is 10.6 Å². The van der Waals surface area contributed by atoms with Crippen LogP contribution in [-0.4, -0.2) is 44.3 Å². The van der Waals surface area contributed by atoms with Gasteiger partial charge in [0.05, 0.1) is 6.10 Å². The van der Waals surface area contributed by atoms with Crippen LogP contribution in [0.5, 0.6) is 5.75 Å². The highest BCUT2D eigenvalue weighted by Gasteiger charge is 2.55. The first-order chi connectivity index (χ1) is 14.1. The summed E-state index contributed by atoms with van der Waals surface area (Å²) in [6.45, 7) is 3.35. The Morgan fingerprint density at radius 1 is 1.30 bits per heavy atom. The molecular weight excluding hydrogens is 495 g/mol. The van der Waals surface area contributed by atoms with E-state index in [2.05, 4.69) is 22.5 Å². The van der Waals surface area contributed by atoms with Crippen LogP contribution in [0, 0.1) is 5.41 Å². The summed E-state index contributed by atoms with van der Waals surface area (Å²) in [5.74, 6) is 0.949. The molecule has 0 bridgehead atoms. The maximum absolute atomic E-state index is 10.9. The van der Waals surface area contributed by atoms with Gasteiger partial charge < -0.3 is 25.8 Å². The molecule has 2 unspecified atom stereocenters. The SMILES string of the molecule is CCOC1CC(NC(=NC)NCc2cccc(OCC(N)=O)c2)C12CCCCC2.I. The van der Waals surface area contributed by atoms with Gasteiger partial charge in [-0.25, -0.2) is 0 Å². The van der Waals surface area contributed by atoms with E-state index in [1.165, 1.54) is 32.1 Å². The summed E-state index contributed by atoms with van der Waals surface area (Å²) >= 11 is 0. The van der Waals surface area contributed by atoms with Gasteiger partial charge in [0, 0.05) is 31.7 Å². The van der Waals surface area contributed by atoms with Gasteiger partial charge in [0.2, 0.25) is 0 Å². The van der Waals surface area contributed by atoms with E-state index in [9.17, 15) is 4.79 Å². The highest BCUT2D eigenvalue weighted by molar-refractivity contribution is 14.0. The number of benzene rings is 1. The fourth-order valence-electron chi connectivity index (χ4n) is 4.71. The van der Waals surface area contributed by atoms with Gasteiger partial charge >= 0.3 is 0 Å². The molecule has 30 heavy (non-hydrogen) atoms. The van der Waals surface area contributed by atoms with Crippen LogP contribution in [-0.2, 0) is 16.1 Å². The largest absolute Gasteiger partial charge is 0.484 e. The second-order valence-electron chi connectivity index (χ2n) is 8.00. The zero-order valence-corrected chi connectivity index (χ0v) is 20.3. The van der Waals surface area contributed by atoms with Gasteiger partial charge in [-0.05, 0) is 43.9 Å². The number of primary amides is 1. The minimum atomic E-state index is -0.486. The summed E-state index contributed by atoms with van der Waals surface area (Å²) in [5, 5.41) is 7.04. The minimum Gasteiger partial charge on any atom is -0.484 e. The van der Waals surface area contributed by atoms with Crippen LogP contribution in [0.3, 0.4) is 0 Å². The van der Waals surface area contributed by atoms with Crippen LogP contribution < -0.4 is 21.1 Å². The van der Waals surface area contributed by atoms with Gasteiger partial charge in [0.25, 0.3) is 5.91 Å². The summed E-state index contributed by atoms with van der Waals surface area (Å²) in [6, 6.07) is 8.03. The molecule has 2 aliphatic rings. The van der Waals surface area contributed by atoms with Crippen molar-refractivity contribution < 1.29 is 14.3 Å². The van der Waals surface area contributed by atoms with Gasteiger partial charge in [0.1, 0.15) is 5.75 Å². The third kappa shape index (κ3) is 6.00. The molecule has 2 atom stereocenters. The van der Waals surface area contributed by atoms with E-state index < -0.39 is 5.91 Å². The Balaban J connectivity index is 0.00000320. The highest BCUT2D eigenvalue weighted by Crippen LogP contribution is 2.53. The lowest BCUT2D eigenvalue weighted by Crippen LogP contribution is -2.66. The maximum Gasteiger partial charge on any atom is 0.255 e. The Kier molecular flexibility index (Phi) is 9.67. The molecule has 0 heterocycles. The lowest BCUT2D eigenvalue weighted by molar-refractivity contribution is -0.145. The number of carbonyl (C=O) groups excluding carboxylic acids is 1. The fourth-order valence-corrected chi connectivity index (χ4v) is 4.71. The predicted octanol–water partition coefficient (Wildman–Crippen LogP) is 2.96. The number of hydrogen-bond acceptors (Lipinski definition) is 4. The van der Waals surface area contributed by atoms with Gasteiger partial charge in [-0.3, -0.25) is 9.79 Å². The molecule has 2 saturated carbocycles. The van der Waals surface area contributed by atoms with E-state index >= 15 is 0 Å². The third-order valence-corrected chi connectivity index (χ3v) is 6.21. The number of nitrogens with zero attached hydrogens (tertiary/aromatic N) is 1. The summed E-state index contributed by atoms with van der Waals surface area (Å²) in [6.07, 6.45) is 7.75. The molecule has 2 fully saturated rings. The van der Waals surface area contributed by atoms with Crippen molar-refractivity contribution in [3.05, 3.63) is 29.8 Å². The number of nitrogens with two attached hydrogens (primary N) is 1. The van der Waals surface area contributed by atoms with E-state index in [1.807, 2.05) is 24.3 Å². The molecule has 0 aromatic heterocycles. The number of hydrogen-bond donors (Lipinski definition) is 3. The Bertz CT molecular complexity index is 722. The van der Waals surface area contributed by atoms with E-state index in [0.717, 1.165) is 24.6 Å². The second kappa shape index (κ2) is 11.7. The molecule has 8 heteroatoms. The molecule has 1 spiro atoms. The lowest BCUT2D eigenvalue weighted by Gasteiger charge is -2.57. The topological polar surface area (TPSA) is 98.0 Å². The van der Waals surface area contributed by atoms with E-state index in [-0.39, 0.29) is 36.0 Å². The number of rotatable bonds is 8. The fraction of sp³-hybridized carbons (Fsp3) is 0.636. The number of ether oxygens (including phenoxy) is 2. The number of nitrogens with one attached hydrogen (secondary N) is 2. The van der Waals surface area contributed by atoms with Crippen LogP contribution in [0.1, 0.15) is 51.0 Å². The third-order valence-electron chi connectivity index (χ3n) is 6.21. The summed E-state index contributed by atoms with van der Waals surface area (Å²) in [4.78, 5) is 15.3. The van der Waals surface area contributed by atoms with Crippen molar-refractivity contribution in [3.8, 4) is 5.75 Å².